The van der Waals surface area contributed by atoms with Crippen LogP contribution in [0.15, 0.2) is 29.8 Å². The molecule has 1 aromatic rings. The van der Waals surface area contributed by atoms with E-state index in [0.717, 1.165) is 17.5 Å². The molecule has 3 nitrogen and oxygen atoms in total. The Balaban J connectivity index is 2.78. The van der Waals surface area contributed by atoms with E-state index in [4.69, 9.17) is 15.3 Å². The lowest BCUT2D eigenvalue weighted by Crippen LogP contribution is -2.05. The molecule has 0 saturated carbocycles. The van der Waals surface area contributed by atoms with E-state index in [0.29, 0.717) is 6.61 Å². The van der Waals surface area contributed by atoms with E-state index in [1.54, 1.807) is 6.08 Å². The summed E-state index contributed by atoms with van der Waals surface area (Å²) < 4.78 is 5.64. The Morgan fingerprint density at radius 1 is 1.39 bits per heavy atom. The van der Waals surface area contributed by atoms with E-state index in [1.165, 1.54) is 0 Å². The van der Waals surface area contributed by atoms with Crippen LogP contribution in [0, 0.1) is 22.7 Å². The Kier molecular flexibility index (Phi) is 5.64. The van der Waals surface area contributed by atoms with Crippen LogP contribution in [0.3, 0.4) is 0 Å². The predicted octanol–water partition coefficient (Wildman–Crippen LogP) is 3.43. The minimum absolute atomic E-state index is 0.106. The first-order chi connectivity index (χ1) is 8.69. The van der Waals surface area contributed by atoms with Crippen LogP contribution in [0.25, 0.3) is 6.08 Å². The van der Waals surface area contributed by atoms with Gasteiger partial charge in [0.05, 0.1) is 12.7 Å². The van der Waals surface area contributed by atoms with E-state index < -0.39 is 0 Å². The van der Waals surface area contributed by atoms with Crippen LogP contribution in [0.5, 0.6) is 0 Å². The van der Waals surface area contributed by atoms with Gasteiger partial charge in [-0.2, -0.15) is 10.5 Å². The normalized spacial score (nSPS) is 11.1. The van der Waals surface area contributed by atoms with E-state index in [1.807, 2.05) is 43.3 Å². The molecule has 92 valence electrons. The van der Waals surface area contributed by atoms with Gasteiger partial charge in [-0.3, -0.25) is 0 Å². The number of benzene rings is 1. The van der Waals surface area contributed by atoms with Crippen LogP contribution in [0.2, 0.25) is 0 Å². The number of hydrogen-bond donors (Lipinski definition) is 0. The van der Waals surface area contributed by atoms with Crippen molar-refractivity contribution in [3.8, 4) is 12.1 Å². The smallest absolute Gasteiger partial charge is 0.130 e. The van der Waals surface area contributed by atoms with Crippen LogP contribution in [0.1, 0.15) is 31.4 Å². The number of ether oxygens (including phenoxy) is 1. The van der Waals surface area contributed by atoms with Crippen molar-refractivity contribution in [2.75, 3.05) is 0 Å². The molecule has 1 aromatic carbocycles. The standard InChI is InChI=1S/C15H16N2O/c1-3-12(2)18-11-14-6-4-5-13(7-14)8-15(9-16)10-17/h4-8,12H,3,11H2,1-2H3. The molecule has 3 heteroatoms. The van der Waals surface area contributed by atoms with Gasteiger partial charge in [0.15, 0.2) is 0 Å². The molecular weight excluding hydrogens is 224 g/mol. The Morgan fingerprint density at radius 2 is 2.11 bits per heavy atom. The second kappa shape index (κ2) is 7.27. The molecule has 0 radical (unpaired) electrons. The molecule has 0 aliphatic heterocycles. The molecule has 0 aromatic heterocycles. The second-order valence-electron chi connectivity index (χ2n) is 4.06. The quantitative estimate of drug-likeness (QED) is 0.741. The van der Waals surface area contributed by atoms with Gasteiger partial charge < -0.3 is 4.74 Å². The molecule has 0 N–H and O–H groups in total. The van der Waals surface area contributed by atoms with Crippen molar-refractivity contribution in [1.82, 2.24) is 0 Å². The average molecular weight is 240 g/mol. The third-order valence-electron chi connectivity index (χ3n) is 2.61. The average Bonchev–Trinajstić information content (AvgIpc) is 2.42. The van der Waals surface area contributed by atoms with Crippen molar-refractivity contribution in [3.63, 3.8) is 0 Å². The summed E-state index contributed by atoms with van der Waals surface area (Å²) in [4.78, 5) is 0. The molecule has 18 heavy (non-hydrogen) atoms. The molecule has 0 aliphatic rings. The van der Waals surface area contributed by atoms with Gasteiger partial charge in [-0.25, -0.2) is 0 Å². The fourth-order valence-corrected chi connectivity index (χ4v) is 1.39. The van der Waals surface area contributed by atoms with Crippen molar-refractivity contribution in [1.29, 1.82) is 10.5 Å². The van der Waals surface area contributed by atoms with E-state index in [2.05, 4.69) is 6.92 Å². The number of nitrogens with zero attached hydrogens (tertiary/aromatic N) is 2. The molecule has 0 amide bonds. The SMILES string of the molecule is CCC(C)OCc1cccc(C=C(C#N)C#N)c1. The lowest BCUT2D eigenvalue weighted by Gasteiger charge is -2.10. The first-order valence-corrected chi connectivity index (χ1v) is 5.92. The van der Waals surface area contributed by atoms with Crippen LogP contribution >= 0.6 is 0 Å². The highest BCUT2D eigenvalue weighted by molar-refractivity contribution is 5.62. The number of hydrogen-bond acceptors (Lipinski definition) is 3. The maximum Gasteiger partial charge on any atom is 0.130 e. The van der Waals surface area contributed by atoms with Gasteiger partial charge in [0.25, 0.3) is 0 Å². The molecule has 0 aliphatic carbocycles. The van der Waals surface area contributed by atoms with Crippen molar-refractivity contribution in [2.24, 2.45) is 0 Å². The zero-order chi connectivity index (χ0) is 13.4. The summed E-state index contributed by atoms with van der Waals surface area (Å²) >= 11 is 0. The Labute approximate surface area is 108 Å². The molecule has 1 rings (SSSR count). The van der Waals surface area contributed by atoms with Crippen molar-refractivity contribution in [2.45, 2.75) is 33.0 Å². The first-order valence-electron chi connectivity index (χ1n) is 5.92. The number of nitriles is 2. The third-order valence-corrected chi connectivity index (χ3v) is 2.61. The third kappa shape index (κ3) is 4.41. The minimum Gasteiger partial charge on any atom is -0.374 e. The lowest BCUT2D eigenvalue weighted by molar-refractivity contribution is 0.0508. The van der Waals surface area contributed by atoms with Gasteiger partial charge in [0.2, 0.25) is 0 Å². The van der Waals surface area contributed by atoms with E-state index >= 15 is 0 Å². The molecular formula is C15H16N2O. The highest BCUT2D eigenvalue weighted by atomic mass is 16.5. The van der Waals surface area contributed by atoms with E-state index in [-0.39, 0.29) is 11.7 Å². The summed E-state index contributed by atoms with van der Waals surface area (Å²) in [5, 5.41) is 17.4. The van der Waals surface area contributed by atoms with Crippen LogP contribution in [0.4, 0.5) is 0 Å². The molecule has 1 unspecified atom stereocenters. The largest absolute Gasteiger partial charge is 0.374 e. The van der Waals surface area contributed by atoms with E-state index in [9.17, 15) is 0 Å². The topological polar surface area (TPSA) is 56.8 Å². The fourth-order valence-electron chi connectivity index (χ4n) is 1.39. The van der Waals surface area contributed by atoms with Gasteiger partial charge >= 0.3 is 0 Å². The Hall–Kier alpha value is -2.10. The van der Waals surface area contributed by atoms with Gasteiger partial charge in [-0.15, -0.1) is 0 Å². The summed E-state index contributed by atoms with van der Waals surface area (Å²) in [6.45, 7) is 4.66. The summed E-state index contributed by atoms with van der Waals surface area (Å²) in [6.07, 6.45) is 2.79. The maximum absolute atomic E-state index is 8.70. The highest BCUT2D eigenvalue weighted by Gasteiger charge is 2.00. The zero-order valence-corrected chi connectivity index (χ0v) is 10.7. The fraction of sp³-hybridized carbons (Fsp3) is 0.333. The van der Waals surface area contributed by atoms with Gasteiger partial charge in [0, 0.05) is 0 Å². The van der Waals surface area contributed by atoms with Crippen molar-refractivity contribution >= 4 is 6.08 Å². The molecule has 0 bridgehead atoms. The Morgan fingerprint density at radius 3 is 2.72 bits per heavy atom. The highest BCUT2D eigenvalue weighted by Crippen LogP contribution is 2.11. The lowest BCUT2D eigenvalue weighted by atomic mass is 10.1. The number of rotatable bonds is 5. The van der Waals surface area contributed by atoms with Crippen molar-refractivity contribution in [3.05, 3.63) is 41.0 Å². The number of allylic oxidation sites excluding steroid dienone is 1. The summed E-state index contributed by atoms with van der Waals surface area (Å²) in [5.74, 6) is 0. The molecule has 1 atom stereocenters. The van der Waals surface area contributed by atoms with Crippen LogP contribution in [-0.2, 0) is 11.3 Å². The molecule has 0 spiro atoms. The zero-order valence-electron chi connectivity index (χ0n) is 10.7. The van der Waals surface area contributed by atoms with Gasteiger partial charge in [-0.1, -0.05) is 25.1 Å². The summed E-state index contributed by atoms with van der Waals surface area (Å²) in [6, 6.07) is 11.4. The predicted molar refractivity (Wildman–Crippen MR) is 70.2 cm³/mol. The van der Waals surface area contributed by atoms with Crippen molar-refractivity contribution < 1.29 is 4.74 Å². The molecule has 0 heterocycles. The maximum atomic E-state index is 8.70. The Bertz CT molecular complexity index is 490. The second-order valence-corrected chi connectivity index (χ2v) is 4.06. The monoisotopic (exact) mass is 240 g/mol. The van der Waals surface area contributed by atoms with Gasteiger partial charge in [0.1, 0.15) is 17.7 Å². The minimum atomic E-state index is 0.106. The van der Waals surface area contributed by atoms with Crippen LogP contribution < -0.4 is 0 Å². The summed E-state index contributed by atoms with van der Waals surface area (Å²) in [7, 11) is 0. The summed E-state index contributed by atoms with van der Waals surface area (Å²) in [5.41, 5.74) is 1.99. The first kappa shape index (κ1) is 14.0. The van der Waals surface area contributed by atoms with Crippen LogP contribution in [-0.4, -0.2) is 6.10 Å². The van der Waals surface area contributed by atoms with Gasteiger partial charge in [-0.05, 0) is 36.6 Å². The molecule has 0 fully saturated rings. The molecule has 0 saturated heterocycles.